The fourth-order valence-electron chi connectivity index (χ4n) is 4.44. The molecule has 2 aliphatic heterocycles. The Kier molecular flexibility index (Phi) is 7.10. The van der Waals surface area contributed by atoms with Crippen molar-refractivity contribution in [2.75, 3.05) is 31.1 Å². The molecule has 2 heterocycles. The molecule has 0 saturated carbocycles. The molecule has 2 aliphatic rings. The predicted molar refractivity (Wildman–Crippen MR) is 122 cm³/mol. The van der Waals surface area contributed by atoms with Crippen molar-refractivity contribution in [3.05, 3.63) is 59.9 Å². The number of sulfonamides is 1. The molecule has 32 heavy (non-hydrogen) atoms. The Hall–Kier alpha value is -2.45. The first-order valence-corrected chi connectivity index (χ1v) is 12.7. The number of anilines is 1. The van der Waals surface area contributed by atoms with E-state index >= 15 is 0 Å². The van der Waals surface area contributed by atoms with Gasteiger partial charge in [-0.05, 0) is 74.1 Å². The molecular formula is C24H30FN3O3S. The van der Waals surface area contributed by atoms with E-state index < -0.39 is 21.8 Å². The largest absolute Gasteiger partial charge is 0.372 e. The van der Waals surface area contributed by atoms with Gasteiger partial charge in [0.05, 0.1) is 10.8 Å². The number of hydrogen-bond acceptors (Lipinski definition) is 4. The highest BCUT2D eigenvalue weighted by Gasteiger charge is 2.33. The van der Waals surface area contributed by atoms with Crippen LogP contribution in [-0.2, 0) is 21.4 Å². The van der Waals surface area contributed by atoms with E-state index in [0.29, 0.717) is 25.9 Å². The van der Waals surface area contributed by atoms with Gasteiger partial charge in [-0.15, -0.1) is 0 Å². The second kappa shape index (κ2) is 10.0. The average molecular weight is 460 g/mol. The minimum Gasteiger partial charge on any atom is -0.372 e. The van der Waals surface area contributed by atoms with Crippen LogP contribution in [0.25, 0.3) is 0 Å². The number of hydrogen-bond donors (Lipinski definition) is 1. The van der Waals surface area contributed by atoms with Gasteiger partial charge >= 0.3 is 0 Å². The van der Waals surface area contributed by atoms with E-state index in [1.165, 1.54) is 41.4 Å². The zero-order valence-electron chi connectivity index (χ0n) is 18.2. The molecule has 6 nitrogen and oxygen atoms in total. The molecule has 0 aliphatic carbocycles. The van der Waals surface area contributed by atoms with E-state index in [1.807, 2.05) is 12.1 Å². The molecule has 0 radical (unpaired) electrons. The number of rotatable bonds is 6. The maximum absolute atomic E-state index is 13.2. The Bertz CT molecular complexity index is 1020. The summed E-state index contributed by atoms with van der Waals surface area (Å²) in [6.07, 6.45) is 5.02. The Balaban J connectivity index is 1.33. The zero-order valence-corrected chi connectivity index (χ0v) is 19.0. The number of halogens is 1. The summed E-state index contributed by atoms with van der Waals surface area (Å²) in [6, 6.07) is 13.1. The molecule has 172 valence electrons. The van der Waals surface area contributed by atoms with Crippen molar-refractivity contribution in [2.45, 2.75) is 43.5 Å². The van der Waals surface area contributed by atoms with E-state index in [1.54, 1.807) is 0 Å². The van der Waals surface area contributed by atoms with Crippen LogP contribution >= 0.6 is 0 Å². The normalized spacial score (nSPS) is 20.2. The monoisotopic (exact) mass is 459 g/mol. The standard InChI is InChI=1S/C24H30FN3O3S/c25-21-8-12-23(13-9-21)32(30,31)28-16-4-5-20(18-28)24(29)26-17-19-6-10-22(11-7-19)27-14-2-1-3-15-27/h6-13,20H,1-5,14-18H2,(H,26,29)/t20-/m0/s1. The summed E-state index contributed by atoms with van der Waals surface area (Å²) in [5.74, 6) is -1.01. The molecule has 0 unspecified atom stereocenters. The Morgan fingerprint density at radius 3 is 2.31 bits per heavy atom. The second-order valence-corrected chi connectivity index (χ2v) is 10.5. The molecule has 2 aromatic carbocycles. The lowest BCUT2D eigenvalue weighted by Gasteiger charge is -2.31. The van der Waals surface area contributed by atoms with Crippen molar-refractivity contribution in [2.24, 2.45) is 5.92 Å². The Morgan fingerprint density at radius 1 is 0.938 bits per heavy atom. The van der Waals surface area contributed by atoms with E-state index in [2.05, 4.69) is 22.3 Å². The topological polar surface area (TPSA) is 69.7 Å². The van der Waals surface area contributed by atoms with Crippen molar-refractivity contribution in [3.8, 4) is 0 Å². The van der Waals surface area contributed by atoms with Crippen LogP contribution in [0.5, 0.6) is 0 Å². The predicted octanol–water partition coefficient (Wildman–Crippen LogP) is 3.53. The maximum atomic E-state index is 13.2. The van der Waals surface area contributed by atoms with Gasteiger partial charge in [-0.3, -0.25) is 4.79 Å². The summed E-state index contributed by atoms with van der Waals surface area (Å²) in [4.78, 5) is 15.2. The maximum Gasteiger partial charge on any atom is 0.243 e. The van der Waals surface area contributed by atoms with Crippen molar-refractivity contribution < 1.29 is 17.6 Å². The summed E-state index contributed by atoms with van der Waals surface area (Å²) in [5.41, 5.74) is 2.24. The molecule has 2 fully saturated rings. The molecule has 0 spiro atoms. The summed E-state index contributed by atoms with van der Waals surface area (Å²) in [7, 11) is -3.75. The van der Waals surface area contributed by atoms with Gasteiger partial charge in [0, 0.05) is 38.4 Å². The summed E-state index contributed by atoms with van der Waals surface area (Å²) >= 11 is 0. The van der Waals surface area contributed by atoms with Gasteiger partial charge < -0.3 is 10.2 Å². The van der Waals surface area contributed by atoms with Crippen molar-refractivity contribution in [1.82, 2.24) is 9.62 Å². The minimum absolute atomic E-state index is 0.0498. The summed E-state index contributed by atoms with van der Waals surface area (Å²) < 4.78 is 40.2. The minimum atomic E-state index is -3.75. The third-order valence-corrected chi connectivity index (χ3v) is 8.21. The summed E-state index contributed by atoms with van der Waals surface area (Å²) in [6.45, 7) is 3.10. The molecule has 4 rings (SSSR count). The number of nitrogens with zero attached hydrogens (tertiary/aromatic N) is 2. The average Bonchev–Trinajstić information content (AvgIpc) is 2.84. The molecule has 0 aromatic heterocycles. The van der Waals surface area contributed by atoms with Gasteiger partial charge in [0.15, 0.2) is 0 Å². The molecular weight excluding hydrogens is 429 g/mol. The van der Waals surface area contributed by atoms with Crippen LogP contribution in [0.3, 0.4) is 0 Å². The van der Waals surface area contributed by atoms with Crippen LogP contribution in [0.1, 0.15) is 37.7 Å². The summed E-state index contributed by atoms with van der Waals surface area (Å²) in [5, 5.41) is 2.96. The van der Waals surface area contributed by atoms with Gasteiger partial charge in [-0.1, -0.05) is 12.1 Å². The van der Waals surface area contributed by atoms with Crippen LogP contribution in [-0.4, -0.2) is 44.8 Å². The Morgan fingerprint density at radius 2 is 1.62 bits per heavy atom. The van der Waals surface area contributed by atoms with Crippen LogP contribution in [0.2, 0.25) is 0 Å². The second-order valence-electron chi connectivity index (χ2n) is 8.59. The van der Waals surface area contributed by atoms with E-state index in [9.17, 15) is 17.6 Å². The molecule has 0 bridgehead atoms. The third-order valence-electron chi connectivity index (χ3n) is 6.33. The van der Waals surface area contributed by atoms with Gasteiger partial charge in [-0.2, -0.15) is 4.31 Å². The van der Waals surface area contributed by atoms with Gasteiger partial charge in [0.1, 0.15) is 5.82 Å². The Labute approximate surface area is 189 Å². The molecule has 1 atom stereocenters. The van der Waals surface area contributed by atoms with Gasteiger partial charge in [-0.25, -0.2) is 12.8 Å². The molecule has 2 aromatic rings. The lowest BCUT2D eigenvalue weighted by Crippen LogP contribution is -2.45. The van der Waals surface area contributed by atoms with E-state index in [-0.39, 0.29) is 17.3 Å². The SMILES string of the molecule is O=C(NCc1ccc(N2CCCCC2)cc1)[C@H]1CCCN(S(=O)(=O)c2ccc(F)cc2)C1. The van der Waals surface area contributed by atoms with Crippen LogP contribution < -0.4 is 10.2 Å². The number of carbonyl (C=O) groups is 1. The van der Waals surface area contributed by atoms with Gasteiger partial charge in [0.25, 0.3) is 0 Å². The van der Waals surface area contributed by atoms with Crippen molar-refractivity contribution in [1.29, 1.82) is 0 Å². The molecule has 1 N–H and O–H groups in total. The highest BCUT2D eigenvalue weighted by atomic mass is 32.2. The van der Waals surface area contributed by atoms with Gasteiger partial charge in [0.2, 0.25) is 15.9 Å². The van der Waals surface area contributed by atoms with Crippen LogP contribution in [0.15, 0.2) is 53.4 Å². The first-order chi connectivity index (χ1) is 15.4. The third kappa shape index (κ3) is 5.30. The first-order valence-electron chi connectivity index (χ1n) is 11.3. The molecule has 8 heteroatoms. The zero-order chi connectivity index (χ0) is 22.6. The number of nitrogens with one attached hydrogen (secondary N) is 1. The fourth-order valence-corrected chi connectivity index (χ4v) is 5.96. The smallest absolute Gasteiger partial charge is 0.243 e. The molecule has 2 saturated heterocycles. The van der Waals surface area contributed by atoms with Crippen LogP contribution in [0.4, 0.5) is 10.1 Å². The highest BCUT2D eigenvalue weighted by Crippen LogP contribution is 2.24. The number of benzene rings is 2. The lowest BCUT2D eigenvalue weighted by atomic mass is 9.98. The van der Waals surface area contributed by atoms with Crippen LogP contribution in [0, 0.1) is 11.7 Å². The number of piperidine rings is 2. The lowest BCUT2D eigenvalue weighted by molar-refractivity contribution is -0.126. The number of carbonyl (C=O) groups excluding carboxylic acids is 1. The highest BCUT2D eigenvalue weighted by molar-refractivity contribution is 7.89. The van der Waals surface area contributed by atoms with Crippen molar-refractivity contribution in [3.63, 3.8) is 0 Å². The first kappa shape index (κ1) is 22.7. The quantitative estimate of drug-likeness (QED) is 0.718. The molecule has 1 amide bonds. The van der Waals surface area contributed by atoms with Crippen molar-refractivity contribution >= 4 is 21.6 Å². The number of amides is 1. The fraction of sp³-hybridized carbons (Fsp3) is 0.458. The van der Waals surface area contributed by atoms with E-state index in [4.69, 9.17) is 0 Å². The van der Waals surface area contributed by atoms with E-state index in [0.717, 1.165) is 30.8 Å².